The number of anilines is 1. The average Bonchev–Trinajstić information content (AvgIpc) is 2.33. The third-order valence-corrected chi connectivity index (χ3v) is 2.88. The molecule has 0 aliphatic carbocycles. The Kier molecular flexibility index (Phi) is 3.41. The molecule has 0 fully saturated rings. The Balaban J connectivity index is 2.19. The van der Waals surface area contributed by atoms with E-state index in [0.717, 1.165) is 0 Å². The maximum Gasteiger partial charge on any atom is 0.303 e. The summed E-state index contributed by atoms with van der Waals surface area (Å²) in [5.41, 5.74) is 1.12. The van der Waals surface area contributed by atoms with Gasteiger partial charge in [-0.15, -0.1) is 0 Å². The number of carbonyl (C=O) groups excluding carboxylic acids is 2. The van der Waals surface area contributed by atoms with Crippen molar-refractivity contribution in [2.45, 2.75) is 19.3 Å². The van der Waals surface area contributed by atoms with E-state index in [1.807, 2.05) is 0 Å². The van der Waals surface area contributed by atoms with Gasteiger partial charge in [0, 0.05) is 18.5 Å². The molecule has 1 aromatic carbocycles. The van der Waals surface area contributed by atoms with Crippen LogP contribution in [0.5, 0.6) is 0 Å². The van der Waals surface area contributed by atoms with E-state index in [4.69, 9.17) is 5.11 Å². The van der Waals surface area contributed by atoms with Crippen LogP contribution in [0, 0.1) is 0 Å². The Morgan fingerprint density at radius 2 is 2.00 bits per heavy atom. The summed E-state index contributed by atoms with van der Waals surface area (Å²) in [5.74, 6) is -1.32. The standard InChI is InChI=1S/C13H13NO4/c15-11-8-12(16)14(7-3-6-13(17)18)10-5-2-1-4-9(10)11/h1-2,4-5H,3,6-8H2,(H,17,18). The summed E-state index contributed by atoms with van der Waals surface area (Å²) < 4.78 is 0. The van der Waals surface area contributed by atoms with Crippen molar-refractivity contribution in [2.24, 2.45) is 0 Å². The predicted octanol–water partition coefficient (Wildman–Crippen LogP) is 1.47. The van der Waals surface area contributed by atoms with Crippen molar-refractivity contribution >= 4 is 23.3 Å². The largest absolute Gasteiger partial charge is 0.481 e. The zero-order valence-corrected chi connectivity index (χ0v) is 9.76. The molecule has 0 aromatic heterocycles. The van der Waals surface area contributed by atoms with Crippen molar-refractivity contribution in [1.29, 1.82) is 0 Å². The summed E-state index contributed by atoms with van der Waals surface area (Å²) in [6, 6.07) is 6.91. The Morgan fingerprint density at radius 3 is 2.72 bits per heavy atom. The number of carbonyl (C=O) groups is 3. The van der Waals surface area contributed by atoms with Gasteiger partial charge in [-0.2, -0.15) is 0 Å². The molecule has 5 nitrogen and oxygen atoms in total. The first-order chi connectivity index (χ1) is 8.59. The van der Waals surface area contributed by atoms with Crippen LogP contribution < -0.4 is 4.90 Å². The van der Waals surface area contributed by atoms with Crippen LogP contribution in [0.25, 0.3) is 0 Å². The number of nitrogens with zero attached hydrogens (tertiary/aromatic N) is 1. The molecular formula is C13H13NO4. The van der Waals surface area contributed by atoms with Crippen molar-refractivity contribution < 1.29 is 19.5 Å². The maximum atomic E-state index is 11.8. The first kappa shape index (κ1) is 12.3. The molecular weight excluding hydrogens is 234 g/mol. The molecule has 94 valence electrons. The van der Waals surface area contributed by atoms with Crippen molar-refractivity contribution in [3.63, 3.8) is 0 Å². The molecule has 0 unspecified atom stereocenters. The van der Waals surface area contributed by atoms with E-state index in [2.05, 4.69) is 0 Å². The van der Waals surface area contributed by atoms with Crippen LogP contribution in [-0.4, -0.2) is 29.3 Å². The molecule has 1 heterocycles. The van der Waals surface area contributed by atoms with Gasteiger partial charge in [0.25, 0.3) is 0 Å². The number of amides is 1. The minimum Gasteiger partial charge on any atom is -0.481 e. The number of ketones is 1. The van der Waals surface area contributed by atoms with E-state index in [1.165, 1.54) is 4.90 Å². The van der Waals surface area contributed by atoms with Crippen LogP contribution in [0.2, 0.25) is 0 Å². The van der Waals surface area contributed by atoms with Gasteiger partial charge in [0.1, 0.15) is 0 Å². The highest BCUT2D eigenvalue weighted by atomic mass is 16.4. The van der Waals surface area contributed by atoms with Gasteiger partial charge in [0.2, 0.25) is 5.91 Å². The molecule has 5 heteroatoms. The summed E-state index contributed by atoms with van der Waals surface area (Å²) in [4.78, 5) is 35.4. The Hall–Kier alpha value is -2.17. The molecule has 0 saturated carbocycles. The SMILES string of the molecule is O=C(O)CCCN1C(=O)CC(=O)c2ccccc21. The zero-order chi connectivity index (χ0) is 13.1. The van der Waals surface area contributed by atoms with E-state index in [9.17, 15) is 14.4 Å². The first-order valence-electron chi connectivity index (χ1n) is 5.74. The second-order valence-electron chi connectivity index (χ2n) is 4.16. The van der Waals surface area contributed by atoms with Gasteiger partial charge in [-0.25, -0.2) is 0 Å². The third kappa shape index (κ3) is 2.40. The third-order valence-electron chi connectivity index (χ3n) is 2.88. The van der Waals surface area contributed by atoms with E-state index in [-0.39, 0.29) is 24.5 Å². The first-order valence-corrected chi connectivity index (χ1v) is 5.74. The monoisotopic (exact) mass is 247 g/mol. The lowest BCUT2D eigenvalue weighted by Crippen LogP contribution is -2.38. The Labute approximate surface area is 104 Å². The zero-order valence-electron chi connectivity index (χ0n) is 9.76. The van der Waals surface area contributed by atoms with Crippen molar-refractivity contribution in [3.05, 3.63) is 29.8 Å². The fraction of sp³-hybridized carbons (Fsp3) is 0.308. The van der Waals surface area contributed by atoms with Gasteiger partial charge in [0.05, 0.1) is 12.1 Å². The highest BCUT2D eigenvalue weighted by Crippen LogP contribution is 2.27. The number of hydrogen-bond acceptors (Lipinski definition) is 3. The lowest BCUT2D eigenvalue weighted by atomic mass is 9.99. The number of fused-ring (bicyclic) bond motifs is 1. The van der Waals surface area contributed by atoms with Crippen LogP contribution in [-0.2, 0) is 9.59 Å². The van der Waals surface area contributed by atoms with Gasteiger partial charge < -0.3 is 10.0 Å². The summed E-state index contributed by atoms with van der Waals surface area (Å²) in [6.07, 6.45) is 0.258. The molecule has 1 aliphatic rings. The smallest absolute Gasteiger partial charge is 0.303 e. The number of carboxylic acids is 1. The van der Waals surface area contributed by atoms with Crippen molar-refractivity contribution in [3.8, 4) is 0 Å². The van der Waals surface area contributed by atoms with Crippen molar-refractivity contribution in [2.75, 3.05) is 11.4 Å². The average molecular weight is 247 g/mol. The molecule has 0 spiro atoms. The summed E-state index contributed by atoms with van der Waals surface area (Å²) >= 11 is 0. The summed E-state index contributed by atoms with van der Waals surface area (Å²) in [5, 5.41) is 8.59. The molecule has 0 bridgehead atoms. The molecule has 0 radical (unpaired) electrons. The van der Waals surface area contributed by atoms with Crippen LogP contribution in [0.1, 0.15) is 29.6 Å². The number of aliphatic carboxylic acids is 1. The number of para-hydroxylation sites is 1. The second kappa shape index (κ2) is 5.00. The number of carboxylic acid groups (broad SMARTS) is 1. The van der Waals surface area contributed by atoms with Gasteiger partial charge in [0.15, 0.2) is 5.78 Å². The van der Waals surface area contributed by atoms with Crippen LogP contribution in [0.15, 0.2) is 24.3 Å². The number of Topliss-reactive ketones (excluding diaryl/α,β-unsaturated/α-hetero) is 1. The Bertz CT molecular complexity index is 509. The number of benzene rings is 1. The topological polar surface area (TPSA) is 74.7 Å². The maximum absolute atomic E-state index is 11.8. The van der Waals surface area contributed by atoms with E-state index in [1.54, 1.807) is 24.3 Å². The molecule has 18 heavy (non-hydrogen) atoms. The predicted molar refractivity (Wildman–Crippen MR) is 64.6 cm³/mol. The van der Waals surface area contributed by atoms with Crippen LogP contribution >= 0.6 is 0 Å². The fourth-order valence-corrected chi connectivity index (χ4v) is 2.04. The lowest BCUT2D eigenvalue weighted by molar-refractivity contribution is -0.137. The number of rotatable bonds is 4. The highest BCUT2D eigenvalue weighted by Gasteiger charge is 2.28. The molecule has 1 aliphatic heterocycles. The van der Waals surface area contributed by atoms with E-state index < -0.39 is 5.97 Å². The van der Waals surface area contributed by atoms with E-state index in [0.29, 0.717) is 24.2 Å². The quantitative estimate of drug-likeness (QED) is 0.817. The molecule has 1 amide bonds. The van der Waals surface area contributed by atoms with Gasteiger partial charge >= 0.3 is 5.97 Å². The molecule has 2 rings (SSSR count). The van der Waals surface area contributed by atoms with E-state index >= 15 is 0 Å². The van der Waals surface area contributed by atoms with Crippen LogP contribution in [0.4, 0.5) is 5.69 Å². The van der Waals surface area contributed by atoms with Gasteiger partial charge in [-0.1, -0.05) is 12.1 Å². The fourth-order valence-electron chi connectivity index (χ4n) is 2.04. The number of hydrogen-bond donors (Lipinski definition) is 1. The molecule has 1 aromatic rings. The van der Waals surface area contributed by atoms with Crippen molar-refractivity contribution in [1.82, 2.24) is 0 Å². The van der Waals surface area contributed by atoms with Gasteiger partial charge in [-0.3, -0.25) is 14.4 Å². The minimum absolute atomic E-state index is 0.0138. The lowest BCUT2D eigenvalue weighted by Gasteiger charge is -2.28. The van der Waals surface area contributed by atoms with Crippen LogP contribution in [0.3, 0.4) is 0 Å². The second-order valence-corrected chi connectivity index (χ2v) is 4.16. The summed E-state index contributed by atoms with van der Waals surface area (Å²) in [7, 11) is 0. The molecule has 1 N–H and O–H groups in total. The normalized spacial score (nSPS) is 14.6. The Morgan fingerprint density at radius 1 is 1.28 bits per heavy atom. The molecule has 0 atom stereocenters. The highest BCUT2D eigenvalue weighted by molar-refractivity contribution is 6.19. The minimum atomic E-state index is -0.885. The molecule has 0 saturated heterocycles. The summed E-state index contributed by atoms with van der Waals surface area (Å²) in [6.45, 7) is 0.329. The van der Waals surface area contributed by atoms with Gasteiger partial charge in [-0.05, 0) is 18.6 Å².